The van der Waals surface area contributed by atoms with Crippen molar-refractivity contribution in [3.05, 3.63) is 59.7 Å². The van der Waals surface area contributed by atoms with Crippen molar-refractivity contribution in [1.82, 2.24) is 20.2 Å². The van der Waals surface area contributed by atoms with Crippen LogP contribution in [0.15, 0.2) is 48.5 Å². The first kappa shape index (κ1) is 28.6. The Balaban J connectivity index is 0.000000150. The fourth-order valence-electron chi connectivity index (χ4n) is 6.97. The Morgan fingerprint density at radius 2 is 1.35 bits per heavy atom. The highest BCUT2D eigenvalue weighted by Crippen LogP contribution is 2.47. The summed E-state index contributed by atoms with van der Waals surface area (Å²) in [6.07, 6.45) is 4.90. The molecule has 2 saturated carbocycles. The van der Waals surface area contributed by atoms with Crippen molar-refractivity contribution in [3.63, 3.8) is 0 Å². The van der Waals surface area contributed by atoms with Crippen LogP contribution in [0.25, 0.3) is 33.5 Å². The van der Waals surface area contributed by atoms with Crippen molar-refractivity contribution in [1.29, 1.82) is 0 Å². The number of hydrogen-bond donors (Lipinski definition) is 4. The van der Waals surface area contributed by atoms with Crippen molar-refractivity contribution in [2.45, 2.75) is 64.2 Å². The molecule has 2 aromatic heterocycles. The van der Waals surface area contributed by atoms with Crippen LogP contribution in [0.2, 0.25) is 0 Å². The molecule has 46 heavy (non-hydrogen) atoms. The zero-order chi connectivity index (χ0) is 32.1. The number of anilines is 4. The molecule has 9 rings (SSSR count). The number of nitrogen functional groups attached to an aromatic ring is 2. The van der Waals surface area contributed by atoms with Gasteiger partial charge in [-0.2, -0.15) is 5.10 Å². The van der Waals surface area contributed by atoms with Crippen LogP contribution in [0, 0.1) is 11.8 Å². The molecule has 0 atom stereocenters. The van der Waals surface area contributed by atoms with E-state index in [-0.39, 0.29) is 11.8 Å². The minimum atomic E-state index is -0.511. The van der Waals surface area contributed by atoms with E-state index in [0.29, 0.717) is 23.2 Å². The lowest BCUT2D eigenvalue weighted by Gasteiger charge is -2.20. The second-order valence-electron chi connectivity index (χ2n) is 14.6. The van der Waals surface area contributed by atoms with E-state index < -0.39 is 10.8 Å². The first-order chi connectivity index (χ1) is 21.9. The van der Waals surface area contributed by atoms with E-state index in [9.17, 15) is 9.59 Å². The number of carbonyl (C=O) groups excluding carboxylic acids is 2. The highest BCUT2D eigenvalue weighted by molar-refractivity contribution is 6.10. The molecule has 0 unspecified atom stereocenters. The largest absolute Gasteiger partial charge is 0.397 e. The van der Waals surface area contributed by atoms with Crippen LogP contribution in [0.5, 0.6) is 0 Å². The summed E-state index contributed by atoms with van der Waals surface area (Å²) in [6, 6.07) is 15.9. The highest BCUT2D eigenvalue weighted by atomic mass is 16.2. The molecule has 3 aromatic carbocycles. The standard InChI is InChI=1S/C22H21N5O.C14H19N3O/c1-22(2)14-9-16-17(10-18(14)27(21(22)28)11-12-7-8-12)24-20(23-16)19-13-5-3-4-6-15(13)25-26-19;1-14(2)9-5-10(15)11(16)6-12(9)17(13(14)18)7-8-3-4-8/h3-6,9-10,12H,7-8,11H2,1-2H3,(H,23,24)(H,25,26);5-6,8H,3-4,7,15-16H2,1-2H3. The summed E-state index contributed by atoms with van der Waals surface area (Å²) in [6.45, 7) is 9.59. The average molecular weight is 617 g/mol. The Bertz CT molecular complexity index is 2060. The summed E-state index contributed by atoms with van der Waals surface area (Å²) in [4.78, 5) is 37.6. The smallest absolute Gasteiger partial charge is 0.237 e. The van der Waals surface area contributed by atoms with Gasteiger partial charge >= 0.3 is 0 Å². The number of benzene rings is 3. The summed E-state index contributed by atoms with van der Waals surface area (Å²) in [7, 11) is 0. The number of H-pyrrole nitrogens is 2. The van der Waals surface area contributed by atoms with Gasteiger partial charge in [0.2, 0.25) is 11.8 Å². The summed E-state index contributed by atoms with van der Waals surface area (Å²) in [5, 5.41) is 8.57. The second-order valence-corrected chi connectivity index (χ2v) is 14.6. The number of carbonyl (C=O) groups is 2. The van der Waals surface area contributed by atoms with Crippen molar-refractivity contribution < 1.29 is 9.59 Å². The minimum Gasteiger partial charge on any atom is -0.397 e. The summed E-state index contributed by atoms with van der Waals surface area (Å²) < 4.78 is 0. The number of rotatable bonds is 5. The van der Waals surface area contributed by atoms with E-state index in [1.165, 1.54) is 25.7 Å². The number of aromatic amines is 2. The average Bonchev–Trinajstić information content (AvgIpc) is 3.93. The van der Waals surface area contributed by atoms with Crippen LogP contribution >= 0.6 is 0 Å². The van der Waals surface area contributed by atoms with Gasteiger partial charge in [0.15, 0.2) is 5.82 Å². The Kier molecular flexibility index (Phi) is 6.10. The van der Waals surface area contributed by atoms with Gasteiger partial charge in [0.1, 0.15) is 5.69 Å². The van der Waals surface area contributed by atoms with E-state index in [2.05, 4.69) is 27.3 Å². The molecule has 0 radical (unpaired) electrons. The lowest BCUT2D eigenvalue weighted by molar-refractivity contribution is -0.122. The van der Waals surface area contributed by atoms with E-state index in [0.717, 1.165) is 69.0 Å². The van der Waals surface area contributed by atoms with Crippen molar-refractivity contribution >= 4 is 56.5 Å². The van der Waals surface area contributed by atoms with Crippen LogP contribution in [0.3, 0.4) is 0 Å². The Labute approximate surface area is 267 Å². The molecule has 2 fully saturated rings. The quantitative estimate of drug-likeness (QED) is 0.177. The zero-order valence-electron chi connectivity index (χ0n) is 26.8. The molecule has 6 N–H and O–H groups in total. The lowest BCUT2D eigenvalue weighted by atomic mass is 9.86. The number of imidazole rings is 1. The Morgan fingerprint density at radius 3 is 1.98 bits per heavy atom. The van der Waals surface area contributed by atoms with Crippen LogP contribution in [-0.2, 0) is 20.4 Å². The van der Waals surface area contributed by atoms with Gasteiger partial charge in [0, 0.05) is 18.5 Å². The van der Waals surface area contributed by atoms with Gasteiger partial charge in [-0.05, 0) is 107 Å². The van der Waals surface area contributed by atoms with Gasteiger partial charge < -0.3 is 26.3 Å². The number of para-hydroxylation sites is 1. The third-order valence-corrected chi connectivity index (χ3v) is 10.3. The van der Waals surface area contributed by atoms with Gasteiger partial charge in [-0.3, -0.25) is 14.7 Å². The number of nitrogens with two attached hydrogens (primary N) is 2. The van der Waals surface area contributed by atoms with E-state index in [4.69, 9.17) is 16.5 Å². The van der Waals surface area contributed by atoms with E-state index in [1.54, 1.807) is 0 Å². The maximum atomic E-state index is 13.0. The summed E-state index contributed by atoms with van der Waals surface area (Å²) in [5.41, 5.74) is 19.5. The monoisotopic (exact) mass is 616 g/mol. The van der Waals surface area contributed by atoms with Crippen LogP contribution in [0.4, 0.5) is 22.7 Å². The van der Waals surface area contributed by atoms with Crippen molar-refractivity contribution in [3.8, 4) is 11.5 Å². The predicted octanol–water partition coefficient (Wildman–Crippen LogP) is 6.03. The number of hydrogen-bond acceptors (Lipinski definition) is 6. The van der Waals surface area contributed by atoms with Gasteiger partial charge in [-0.25, -0.2) is 4.98 Å². The SMILES string of the molecule is CC1(C)C(=O)N(CC2CC2)c2cc(N)c(N)cc21.CC1(C)C(=O)N(CC2CC2)c2cc3nc(-c4n[nH]c5ccccc45)[nH]c3cc21. The summed E-state index contributed by atoms with van der Waals surface area (Å²) in [5.74, 6) is 2.41. The first-order valence-electron chi connectivity index (χ1n) is 16.2. The predicted molar refractivity (Wildman–Crippen MR) is 183 cm³/mol. The van der Waals surface area contributed by atoms with E-state index in [1.807, 2.05) is 73.9 Å². The van der Waals surface area contributed by atoms with Crippen molar-refractivity contribution in [2.24, 2.45) is 11.8 Å². The van der Waals surface area contributed by atoms with Gasteiger partial charge in [-0.1, -0.05) is 18.2 Å². The highest BCUT2D eigenvalue weighted by Gasteiger charge is 2.47. The zero-order valence-corrected chi connectivity index (χ0v) is 26.8. The second kappa shape index (κ2) is 9.82. The molecule has 2 aliphatic carbocycles. The van der Waals surface area contributed by atoms with Gasteiger partial charge in [0.25, 0.3) is 0 Å². The molecule has 4 heterocycles. The first-order valence-corrected chi connectivity index (χ1v) is 16.2. The third kappa shape index (κ3) is 4.45. The van der Waals surface area contributed by atoms with Gasteiger partial charge in [0.05, 0.1) is 50.1 Å². The topological polar surface area (TPSA) is 150 Å². The van der Waals surface area contributed by atoms with E-state index >= 15 is 0 Å². The number of nitrogens with zero attached hydrogens (tertiary/aromatic N) is 4. The molecule has 2 amide bonds. The fraction of sp³-hybridized carbons (Fsp3) is 0.389. The van der Waals surface area contributed by atoms with Gasteiger partial charge in [-0.15, -0.1) is 0 Å². The molecule has 4 aliphatic rings. The number of amides is 2. The van der Waals surface area contributed by atoms with Crippen LogP contribution < -0.4 is 21.3 Å². The van der Waals surface area contributed by atoms with Crippen LogP contribution in [0.1, 0.15) is 64.5 Å². The summed E-state index contributed by atoms with van der Waals surface area (Å²) >= 11 is 0. The maximum absolute atomic E-state index is 13.0. The lowest BCUT2D eigenvalue weighted by Crippen LogP contribution is -2.37. The molecule has 10 nitrogen and oxygen atoms in total. The molecule has 0 bridgehead atoms. The maximum Gasteiger partial charge on any atom is 0.237 e. The number of nitrogens with one attached hydrogen (secondary N) is 2. The Morgan fingerprint density at radius 1 is 0.783 bits per heavy atom. The molecule has 0 saturated heterocycles. The Hall–Kier alpha value is -4.86. The minimum absolute atomic E-state index is 0.161. The molecule has 10 heteroatoms. The molecule has 2 aliphatic heterocycles. The number of aromatic nitrogens is 4. The molecule has 0 spiro atoms. The fourth-order valence-corrected chi connectivity index (χ4v) is 6.97. The number of fused-ring (bicyclic) bond motifs is 4. The normalized spacial score (nSPS) is 19.5. The molecular weight excluding hydrogens is 576 g/mol. The molecular formula is C36H40N8O2. The third-order valence-electron chi connectivity index (χ3n) is 10.3. The molecule has 5 aromatic rings. The van der Waals surface area contributed by atoms with Crippen LogP contribution in [-0.4, -0.2) is 45.1 Å². The molecule has 236 valence electrons. The van der Waals surface area contributed by atoms with Crippen molar-refractivity contribution in [2.75, 3.05) is 34.4 Å².